The van der Waals surface area contributed by atoms with E-state index in [4.69, 9.17) is 4.74 Å². The van der Waals surface area contributed by atoms with Gasteiger partial charge in [0.05, 0.1) is 18.9 Å². The maximum absolute atomic E-state index is 12.1. The highest BCUT2D eigenvalue weighted by molar-refractivity contribution is 7.89. The van der Waals surface area contributed by atoms with Gasteiger partial charge >= 0.3 is 0 Å². The first kappa shape index (κ1) is 15.3. The van der Waals surface area contributed by atoms with Crippen molar-refractivity contribution in [2.45, 2.75) is 13.0 Å². The number of benzene rings is 1. The average molecular weight is 298 g/mol. The summed E-state index contributed by atoms with van der Waals surface area (Å²) in [6.45, 7) is 3.44. The lowest BCUT2D eigenvalue weighted by Crippen LogP contribution is -2.49. The molecule has 2 rings (SSSR count). The molecular weight excluding hydrogens is 276 g/mol. The molecule has 1 aliphatic rings. The predicted molar refractivity (Wildman–Crippen MR) is 79.4 cm³/mol. The minimum Gasteiger partial charge on any atom is -0.496 e. The summed E-state index contributed by atoms with van der Waals surface area (Å²) < 4.78 is 31.1. The van der Waals surface area contributed by atoms with E-state index in [1.54, 1.807) is 18.3 Å². The Morgan fingerprint density at radius 2 is 2.00 bits per heavy atom. The lowest BCUT2D eigenvalue weighted by molar-refractivity contribution is 0.146. The van der Waals surface area contributed by atoms with Crippen LogP contribution in [-0.2, 0) is 10.0 Å². The summed E-state index contributed by atoms with van der Waals surface area (Å²) in [6.07, 6.45) is 0. The molecule has 0 bridgehead atoms. The van der Waals surface area contributed by atoms with Gasteiger partial charge in [0, 0.05) is 25.2 Å². The molecule has 1 fully saturated rings. The Kier molecular flexibility index (Phi) is 4.67. The number of nitrogens with zero attached hydrogens (tertiary/aromatic N) is 2. The summed E-state index contributed by atoms with van der Waals surface area (Å²) in [5, 5.41) is 0. The molecule has 112 valence electrons. The van der Waals surface area contributed by atoms with Crippen LogP contribution in [0.1, 0.15) is 18.5 Å². The molecule has 5 nitrogen and oxygen atoms in total. The van der Waals surface area contributed by atoms with Crippen molar-refractivity contribution < 1.29 is 13.2 Å². The largest absolute Gasteiger partial charge is 0.496 e. The number of ether oxygens (including phenoxy) is 1. The lowest BCUT2D eigenvalue weighted by Gasteiger charge is -2.39. The molecule has 20 heavy (non-hydrogen) atoms. The molecule has 1 saturated heterocycles. The molecule has 1 aromatic rings. The van der Waals surface area contributed by atoms with Gasteiger partial charge in [-0.05, 0) is 20.0 Å². The maximum Gasteiger partial charge on any atom is 0.213 e. The van der Waals surface area contributed by atoms with Crippen molar-refractivity contribution in [2.24, 2.45) is 0 Å². The van der Waals surface area contributed by atoms with E-state index in [1.165, 1.54) is 0 Å². The highest BCUT2D eigenvalue weighted by atomic mass is 32.2. The number of rotatable bonds is 4. The Morgan fingerprint density at radius 1 is 1.30 bits per heavy atom. The second-order valence-corrected chi connectivity index (χ2v) is 7.25. The van der Waals surface area contributed by atoms with Crippen molar-refractivity contribution >= 4 is 10.0 Å². The topological polar surface area (TPSA) is 49.9 Å². The Bertz CT molecular complexity index is 559. The summed E-state index contributed by atoms with van der Waals surface area (Å²) in [7, 11) is 0.523. The highest BCUT2D eigenvalue weighted by Crippen LogP contribution is 2.31. The van der Waals surface area contributed by atoms with Crippen molar-refractivity contribution in [1.29, 1.82) is 0 Å². The summed E-state index contributed by atoms with van der Waals surface area (Å²) in [5.41, 5.74) is 1.04. The van der Waals surface area contributed by atoms with E-state index in [1.807, 2.05) is 31.3 Å². The molecule has 1 heterocycles. The van der Waals surface area contributed by atoms with Gasteiger partial charge in [0.1, 0.15) is 5.75 Å². The molecule has 0 saturated carbocycles. The van der Waals surface area contributed by atoms with Gasteiger partial charge in [0.15, 0.2) is 0 Å². The van der Waals surface area contributed by atoms with Crippen LogP contribution in [0.2, 0.25) is 0 Å². The number of para-hydroxylation sites is 1. The molecular formula is C14H22N2O3S. The Hall–Kier alpha value is -1.11. The summed E-state index contributed by atoms with van der Waals surface area (Å²) in [6, 6.07) is 7.82. The summed E-state index contributed by atoms with van der Waals surface area (Å²) in [5.74, 6) is 0.954. The molecule has 0 amide bonds. The van der Waals surface area contributed by atoms with E-state index in [-0.39, 0.29) is 11.8 Å². The molecule has 0 N–H and O–H groups in total. The predicted octanol–water partition coefficient (Wildman–Crippen LogP) is 1.33. The maximum atomic E-state index is 12.1. The normalized spacial score (nSPS) is 21.9. The molecule has 1 atom stereocenters. The average Bonchev–Trinajstić information content (AvgIpc) is 2.47. The number of methoxy groups -OCH3 is 1. The van der Waals surface area contributed by atoms with Gasteiger partial charge in [-0.2, -0.15) is 4.31 Å². The van der Waals surface area contributed by atoms with Crippen LogP contribution in [-0.4, -0.2) is 57.2 Å². The fraction of sp³-hybridized carbons (Fsp3) is 0.571. The first-order chi connectivity index (χ1) is 9.49. The van der Waals surface area contributed by atoms with Gasteiger partial charge in [-0.3, -0.25) is 4.90 Å². The third-order valence-electron chi connectivity index (χ3n) is 3.87. The van der Waals surface area contributed by atoms with E-state index in [0.29, 0.717) is 13.1 Å². The molecule has 0 spiro atoms. The zero-order valence-electron chi connectivity index (χ0n) is 12.2. The van der Waals surface area contributed by atoms with Crippen LogP contribution < -0.4 is 4.74 Å². The number of sulfonamides is 1. The van der Waals surface area contributed by atoms with Crippen molar-refractivity contribution in [1.82, 2.24) is 9.21 Å². The third kappa shape index (κ3) is 2.97. The number of hydrogen-bond donors (Lipinski definition) is 0. The van der Waals surface area contributed by atoms with Crippen LogP contribution in [0.3, 0.4) is 0 Å². The van der Waals surface area contributed by atoms with E-state index in [9.17, 15) is 8.42 Å². The number of piperazine rings is 1. The molecule has 0 aromatic heterocycles. The van der Waals surface area contributed by atoms with Crippen LogP contribution in [0, 0.1) is 0 Å². The fourth-order valence-electron chi connectivity index (χ4n) is 2.56. The zero-order valence-corrected chi connectivity index (χ0v) is 13.1. The fourth-order valence-corrected chi connectivity index (χ4v) is 3.65. The van der Waals surface area contributed by atoms with Gasteiger partial charge in [0.25, 0.3) is 0 Å². The van der Waals surface area contributed by atoms with Gasteiger partial charge < -0.3 is 4.74 Å². The van der Waals surface area contributed by atoms with E-state index in [2.05, 4.69) is 4.90 Å². The molecule has 1 aromatic carbocycles. The first-order valence-electron chi connectivity index (χ1n) is 6.80. The van der Waals surface area contributed by atoms with Gasteiger partial charge in [-0.15, -0.1) is 0 Å². The van der Waals surface area contributed by atoms with Gasteiger partial charge in [-0.1, -0.05) is 18.2 Å². The minimum atomic E-state index is -3.14. The van der Waals surface area contributed by atoms with Crippen LogP contribution in [0.4, 0.5) is 0 Å². The van der Waals surface area contributed by atoms with Gasteiger partial charge in [0.2, 0.25) is 10.0 Å². The van der Waals surface area contributed by atoms with Crippen molar-refractivity contribution in [3.05, 3.63) is 29.8 Å². The Labute approximate surface area is 121 Å². The molecule has 0 aliphatic carbocycles. The Morgan fingerprint density at radius 3 is 2.65 bits per heavy atom. The van der Waals surface area contributed by atoms with Crippen LogP contribution >= 0.6 is 0 Å². The van der Waals surface area contributed by atoms with E-state index >= 15 is 0 Å². The SMILES string of the molecule is CCS(=O)(=O)N1CCN(C)[C@H](c2ccccc2OC)C1. The van der Waals surface area contributed by atoms with Crippen molar-refractivity contribution in [3.63, 3.8) is 0 Å². The third-order valence-corrected chi connectivity index (χ3v) is 5.71. The van der Waals surface area contributed by atoms with E-state index < -0.39 is 10.0 Å². The monoisotopic (exact) mass is 298 g/mol. The van der Waals surface area contributed by atoms with Crippen LogP contribution in [0.5, 0.6) is 5.75 Å². The summed E-state index contributed by atoms with van der Waals surface area (Å²) >= 11 is 0. The smallest absolute Gasteiger partial charge is 0.213 e. The minimum absolute atomic E-state index is 0.0289. The second-order valence-electron chi connectivity index (χ2n) is 5.00. The van der Waals surface area contributed by atoms with Crippen LogP contribution in [0.15, 0.2) is 24.3 Å². The zero-order chi connectivity index (χ0) is 14.8. The summed E-state index contributed by atoms with van der Waals surface area (Å²) in [4.78, 5) is 2.18. The van der Waals surface area contributed by atoms with E-state index in [0.717, 1.165) is 17.9 Å². The van der Waals surface area contributed by atoms with Crippen LogP contribution in [0.25, 0.3) is 0 Å². The Balaban J connectivity index is 2.30. The molecule has 1 aliphatic heterocycles. The lowest BCUT2D eigenvalue weighted by atomic mass is 10.0. The second kappa shape index (κ2) is 6.11. The quantitative estimate of drug-likeness (QED) is 0.841. The van der Waals surface area contributed by atoms with Crippen molar-refractivity contribution in [2.75, 3.05) is 39.5 Å². The molecule has 0 unspecified atom stereocenters. The van der Waals surface area contributed by atoms with Gasteiger partial charge in [-0.25, -0.2) is 8.42 Å². The molecule has 6 heteroatoms. The number of likely N-dealkylation sites (N-methyl/N-ethyl adjacent to an activating group) is 1. The molecule has 0 radical (unpaired) electrons. The first-order valence-corrected chi connectivity index (χ1v) is 8.41. The number of hydrogen-bond acceptors (Lipinski definition) is 4. The van der Waals surface area contributed by atoms with Crippen molar-refractivity contribution in [3.8, 4) is 5.75 Å². The highest BCUT2D eigenvalue weighted by Gasteiger charge is 2.32. The standard InChI is InChI=1S/C14H22N2O3S/c1-4-20(17,18)16-10-9-15(2)13(11-16)12-7-5-6-8-14(12)19-3/h5-8,13H,4,9-11H2,1-3H3/t13-/m0/s1.